The van der Waals surface area contributed by atoms with Crippen LogP contribution in [0, 0.1) is 6.92 Å². The zero-order valence-electron chi connectivity index (χ0n) is 15.7. The van der Waals surface area contributed by atoms with Gasteiger partial charge in [0.05, 0.1) is 16.6 Å². The van der Waals surface area contributed by atoms with Crippen LogP contribution >= 0.6 is 0 Å². The number of aromatic nitrogens is 2. The Bertz CT molecular complexity index is 1110. The Morgan fingerprint density at radius 1 is 1.11 bits per heavy atom. The van der Waals surface area contributed by atoms with E-state index in [1.807, 2.05) is 26.8 Å². The first-order chi connectivity index (χ1) is 12.9. The molecule has 0 aliphatic carbocycles. The summed E-state index contributed by atoms with van der Waals surface area (Å²) in [6.45, 7) is 5.64. The van der Waals surface area contributed by atoms with Gasteiger partial charge in [0, 0.05) is 6.04 Å². The number of para-hydroxylation sites is 1. The first-order valence-corrected chi connectivity index (χ1v) is 9.03. The first kappa shape index (κ1) is 18.6. The Labute approximate surface area is 157 Å². The molecule has 6 nitrogen and oxygen atoms in total. The number of nitrogens with zero attached hydrogens (tertiary/aromatic N) is 2. The second kappa shape index (κ2) is 7.61. The lowest BCUT2D eigenvalue weighted by atomic mass is 10.2. The number of aryl methyl sites for hydroxylation is 1. The highest BCUT2D eigenvalue weighted by Crippen LogP contribution is 2.11. The molecule has 1 heterocycles. The van der Waals surface area contributed by atoms with Crippen molar-refractivity contribution in [2.75, 3.05) is 0 Å². The summed E-state index contributed by atoms with van der Waals surface area (Å²) in [5.41, 5.74) is 0.971. The molecule has 0 spiro atoms. The maximum Gasteiger partial charge on any atom is 0.336 e. The van der Waals surface area contributed by atoms with Crippen LogP contribution in [-0.4, -0.2) is 21.1 Å². The summed E-state index contributed by atoms with van der Waals surface area (Å²) in [6, 6.07) is 14.1. The third-order valence-electron chi connectivity index (χ3n) is 4.63. The molecule has 0 saturated heterocycles. The van der Waals surface area contributed by atoms with Gasteiger partial charge in [-0.3, -0.25) is 14.2 Å². The van der Waals surface area contributed by atoms with Gasteiger partial charge >= 0.3 is 5.69 Å². The predicted octanol–water partition coefficient (Wildman–Crippen LogP) is 2.38. The molecule has 0 bridgehead atoms. The van der Waals surface area contributed by atoms with Crippen LogP contribution in [0.1, 0.15) is 25.8 Å². The number of hydrogen-bond donors (Lipinski definition) is 1. The van der Waals surface area contributed by atoms with Crippen molar-refractivity contribution in [3.05, 3.63) is 74.9 Å². The van der Waals surface area contributed by atoms with Crippen LogP contribution in [0.5, 0.6) is 0 Å². The van der Waals surface area contributed by atoms with Crippen LogP contribution in [0.25, 0.3) is 16.6 Å². The molecular weight excluding hydrogens is 342 g/mol. The van der Waals surface area contributed by atoms with E-state index in [9.17, 15) is 14.4 Å². The van der Waals surface area contributed by atoms with Gasteiger partial charge in [0.25, 0.3) is 5.56 Å². The van der Waals surface area contributed by atoms with Crippen molar-refractivity contribution >= 4 is 16.8 Å². The van der Waals surface area contributed by atoms with Gasteiger partial charge in [-0.2, -0.15) is 0 Å². The van der Waals surface area contributed by atoms with Crippen molar-refractivity contribution in [2.24, 2.45) is 0 Å². The van der Waals surface area contributed by atoms with Crippen molar-refractivity contribution in [3.63, 3.8) is 0 Å². The minimum Gasteiger partial charge on any atom is -0.352 e. The van der Waals surface area contributed by atoms with E-state index >= 15 is 0 Å². The average Bonchev–Trinajstić information content (AvgIpc) is 2.65. The number of carbonyl (C=O) groups excluding carboxylic acids is 1. The fraction of sp³-hybridized carbons (Fsp3) is 0.286. The highest BCUT2D eigenvalue weighted by molar-refractivity contribution is 5.82. The Kier molecular flexibility index (Phi) is 5.26. The molecule has 3 aromatic rings. The van der Waals surface area contributed by atoms with Crippen molar-refractivity contribution in [1.29, 1.82) is 0 Å². The van der Waals surface area contributed by atoms with Crippen LogP contribution in [0.4, 0.5) is 0 Å². The average molecular weight is 365 g/mol. The van der Waals surface area contributed by atoms with Crippen LogP contribution in [0.3, 0.4) is 0 Å². The van der Waals surface area contributed by atoms with E-state index in [0.29, 0.717) is 16.6 Å². The smallest absolute Gasteiger partial charge is 0.336 e. The molecule has 0 fully saturated rings. The first-order valence-electron chi connectivity index (χ1n) is 9.03. The summed E-state index contributed by atoms with van der Waals surface area (Å²) < 4.78 is 2.49. The van der Waals surface area contributed by atoms with Crippen molar-refractivity contribution in [1.82, 2.24) is 14.5 Å². The van der Waals surface area contributed by atoms with Crippen molar-refractivity contribution < 1.29 is 4.79 Å². The molecule has 1 amide bonds. The number of nitrogens with one attached hydrogen (secondary N) is 1. The van der Waals surface area contributed by atoms with Gasteiger partial charge in [-0.25, -0.2) is 9.36 Å². The Morgan fingerprint density at radius 3 is 2.56 bits per heavy atom. The summed E-state index contributed by atoms with van der Waals surface area (Å²) in [6.07, 6.45) is 0.796. The number of amides is 1. The van der Waals surface area contributed by atoms with Gasteiger partial charge in [-0.15, -0.1) is 0 Å². The van der Waals surface area contributed by atoms with Crippen LogP contribution in [0.2, 0.25) is 0 Å². The van der Waals surface area contributed by atoms with E-state index in [2.05, 4.69) is 5.32 Å². The van der Waals surface area contributed by atoms with E-state index < -0.39 is 5.69 Å². The van der Waals surface area contributed by atoms with Gasteiger partial charge in [0.2, 0.25) is 5.91 Å². The van der Waals surface area contributed by atoms with Crippen molar-refractivity contribution in [3.8, 4) is 5.69 Å². The molecule has 140 valence electrons. The fourth-order valence-electron chi connectivity index (χ4n) is 3.03. The highest BCUT2D eigenvalue weighted by Gasteiger charge is 2.17. The third kappa shape index (κ3) is 3.69. The maximum absolute atomic E-state index is 13.2. The number of benzene rings is 2. The minimum atomic E-state index is -0.524. The molecule has 1 atom stereocenters. The largest absolute Gasteiger partial charge is 0.352 e. The SMILES string of the molecule is CCC(C)NC(=O)Cn1c(=O)n(-c2cccc(C)c2)c(=O)c2ccccc21. The topological polar surface area (TPSA) is 73.1 Å². The summed E-state index contributed by atoms with van der Waals surface area (Å²) in [5.74, 6) is -0.258. The third-order valence-corrected chi connectivity index (χ3v) is 4.63. The van der Waals surface area contributed by atoms with Gasteiger partial charge in [-0.05, 0) is 50.1 Å². The Morgan fingerprint density at radius 2 is 1.85 bits per heavy atom. The molecule has 6 heteroatoms. The lowest BCUT2D eigenvalue weighted by Gasteiger charge is -2.16. The van der Waals surface area contributed by atoms with Crippen LogP contribution in [-0.2, 0) is 11.3 Å². The zero-order valence-corrected chi connectivity index (χ0v) is 15.7. The quantitative estimate of drug-likeness (QED) is 0.754. The number of carbonyl (C=O) groups is 1. The number of hydrogen-bond acceptors (Lipinski definition) is 3. The van der Waals surface area contributed by atoms with Gasteiger partial charge in [0.1, 0.15) is 6.54 Å². The second-order valence-corrected chi connectivity index (χ2v) is 6.74. The normalized spacial score (nSPS) is 12.1. The summed E-state index contributed by atoms with van der Waals surface area (Å²) in [7, 11) is 0. The Hall–Kier alpha value is -3.15. The van der Waals surface area contributed by atoms with Crippen LogP contribution in [0.15, 0.2) is 58.1 Å². The lowest BCUT2D eigenvalue weighted by molar-refractivity contribution is -0.122. The molecular formula is C21H23N3O3. The molecule has 1 unspecified atom stereocenters. The predicted molar refractivity (Wildman–Crippen MR) is 106 cm³/mol. The molecule has 2 aromatic carbocycles. The van der Waals surface area contributed by atoms with Gasteiger partial charge < -0.3 is 5.32 Å². The standard InChI is InChI=1S/C21H23N3O3/c1-4-15(3)22-19(25)13-23-18-11-6-5-10-17(18)20(26)24(21(23)27)16-9-7-8-14(2)12-16/h5-12,15H,4,13H2,1-3H3,(H,22,25). The molecule has 3 rings (SSSR count). The molecule has 0 aliphatic rings. The zero-order chi connectivity index (χ0) is 19.6. The van der Waals surface area contributed by atoms with Gasteiger partial charge in [-0.1, -0.05) is 31.2 Å². The van der Waals surface area contributed by atoms with E-state index in [4.69, 9.17) is 0 Å². The molecule has 1 aromatic heterocycles. The Balaban J connectivity index is 2.22. The second-order valence-electron chi connectivity index (χ2n) is 6.74. The molecule has 0 saturated carbocycles. The molecule has 1 N–H and O–H groups in total. The van der Waals surface area contributed by atoms with E-state index in [1.165, 1.54) is 4.57 Å². The van der Waals surface area contributed by atoms with E-state index in [0.717, 1.165) is 16.6 Å². The van der Waals surface area contributed by atoms with Crippen molar-refractivity contribution in [2.45, 2.75) is 39.8 Å². The lowest BCUT2D eigenvalue weighted by Crippen LogP contribution is -2.43. The highest BCUT2D eigenvalue weighted by atomic mass is 16.2. The van der Waals surface area contributed by atoms with E-state index in [1.54, 1.807) is 42.5 Å². The van der Waals surface area contributed by atoms with Gasteiger partial charge in [0.15, 0.2) is 0 Å². The summed E-state index contributed by atoms with van der Waals surface area (Å²) in [4.78, 5) is 38.5. The molecule has 27 heavy (non-hydrogen) atoms. The monoisotopic (exact) mass is 365 g/mol. The molecule has 0 aliphatic heterocycles. The summed E-state index contributed by atoms with van der Waals surface area (Å²) in [5, 5.41) is 3.26. The molecule has 0 radical (unpaired) electrons. The maximum atomic E-state index is 13.2. The fourth-order valence-corrected chi connectivity index (χ4v) is 3.03. The van der Waals surface area contributed by atoms with E-state index in [-0.39, 0.29) is 24.1 Å². The van der Waals surface area contributed by atoms with Crippen LogP contribution < -0.4 is 16.6 Å². The summed E-state index contributed by atoms with van der Waals surface area (Å²) >= 11 is 0. The number of fused-ring (bicyclic) bond motifs is 1. The minimum absolute atomic E-state index is 0.0159. The number of rotatable bonds is 5.